The first-order chi connectivity index (χ1) is 3.79. The van der Waals surface area contributed by atoms with E-state index in [0.29, 0.717) is 0 Å². The summed E-state index contributed by atoms with van der Waals surface area (Å²) in [7, 11) is 0. The molecule has 0 aromatic carbocycles. The maximum atomic E-state index is 8.71. The third-order valence-corrected chi connectivity index (χ3v) is 0.891. The summed E-state index contributed by atoms with van der Waals surface area (Å²) < 4.78 is 0. The molecule has 2 heteroatoms. The Morgan fingerprint density at radius 1 is 1.75 bits per heavy atom. The lowest BCUT2D eigenvalue weighted by Gasteiger charge is -2.03. The zero-order valence-electron chi connectivity index (χ0n) is 4.26. The molecule has 0 amide bonds. The Kier molecular flexibility index (Phi) is 1.23. The molecule has 0 radical (unpaired) electrons. The molecule has 1 aliphatic rings. The highest BCUT2D eigenvalue weighted by molar-refractivity contribution is 5.25. The van der Waals surface area contributed by atoms with Crippen LogP contribution in [0.3, 0.4) is 0 Å². The van der Waals surface area contributed by atoms with E-state index in [2.05, 4.69) is 11.8 Å². The van der Waals surface area contributed by atoms with Gasteiger partial charge >= 0.3 is 0 Å². The summed E-state index contributed by atoms with van der Waals surface area (Å²) in [5.41, 5.74) is 0. The van der Waals surface area contributed by atoms with Crippen LogP contribution in [0.15, 0.2) is 11.8 Å². The number of aliphatic hydroxyl groups is 2. The summed E-state index contributed by atoms with van der Waals surface area (Å²) in [6.07, 6.45) is 1.000. The molecule has 42 valence electrons. The summed E-state index contributed by atoms with van der Waals surface area (Å²) in [6, 6.07) is 0. The lowest BCUT2D eigenvalue weighted by molar-refractivity contribution is 0.209. The predicted octanol–water partition coefficient (Wildman–Crippen LogP) is 0.196. The Labute approximate surface area is 47.5 Å². The summed E-state index contributed by atoms with van der Waals surface area (Å²) in [4.78, 5) is 0. The predicted molar refractivity (Wildman–Crippen MR) is 29.1 cm³/mol. The smallest absolute Gasteiger partial charge is 0.122 e. The minimum atomic E-state index is -0.667. The molecule has 0 heterocycles. The Bertz CT molecular complexity index is 171. The molecule has 1 aliphatic carbocycles. The Hall–Kier alpha value is -0.940. The van der Waals surface area contributed by atoms with Gasteiger partial charge in [0.25, 0.3) is 0 Å². The van der Waals surface area contributed by atoms with Crippen molar-refractivity contribution in [3.8, 4) is 11.8 Å². The zero-order valence-corrected chi connectivity index (χ0v) is 4.26. The van der Waals surface area contributed by atoms with Crippen LogP contribution in [0.4, 0.5) is 0 Å². The van der Waals surface area contributed by atoms with E-state index < -0.39 is 6.10 Å². The highest BCUT2D eigenvalue weighted by Crippen LogP contribution is 2.03. The topological polar surface area (TPSA) is 40.5 Å². The molecule has 0 bridgehead atoms. The van der Waals surface area contributed by atoms with Gasteiger partial charge in [0.1, 0.15) is 11.9 Å². The van der Waals surface area contributed by atoms with Crippen LogP contribution in [0.25, 0.3) is 0 Å². The summed E-state index contributed by atoms with van der Waals surface area (Å²) >= 11 is 0. The summed E-state index contributed by atoms with van der Waals surface area (Å²) in [6.45, 7) is 0. The SMILES string of the molecule is OC1=CC#CC(O)C1. The minimum Gasteiger partial charge on any atom is -0.512 e. The van der Waals surface area contributed by atoms with Crippen molar-refractivity contribution >= 4 is 0 Å². The molecule has 8 heavy (non-hydrogen) atoms. The van der Waals surface area contributed by atoms with Gasteiger partial charge in [0.05, 0.1) is 0 Å². The average molecular weight is 110 g/mol. The summed E-state index contributed by atoms with van der Waals surface area (Å²) in [5.74, 6) is 5.12. The van der Waals surface area contributed by atoms with E-state index >= 15 is 0 Å². The van der Waals surface area contributed by atoms with Gasteiger partial charge in [-0.25, -0.2) is 0 Å². The fraction of sp³-hybridized carbons (Fsp3) is 0.333. The molecule has 0 fully saturated rings. The number of hydrogen-bond donors (Lipinski definition) is 2. The Balaban J connectivity index is 2.68. The van der Waals surface area contributed by atoms with Crippen molar-refractivity contribution in [2.45, 2.75) is 12.5 Å². The number of rotatable bonds is 0. The lowest BCUT2D eigenvalue weighted by atomic mass is 10.1. The van der Waals surface area contributed by atoms with E-state index in [1.165, 1.54) is 6.08 Å². The van der Waals surface area contributed by atoms with E-state index in [1.54, 1.807) is 0 Å². The summed E-state index contributed by atoms with van der Waals surface area (Å²) in [5, 5.41) is 17.4. The van der Waals surface area contributed by atoms with Crippen molar-refractivity contribution in [2.75, 3.05) is 0 Å². The van der Waals surface area contributed by atoms with Crippen LogP contribution in [0.5, 0.6) is 0 Å². The highest BCUT2D eigenvalue weighted by Gasteiger charge is 2.04. The molecule has 1 unspecified atom stereocenters. The van der Waals surface area contributed by atoms with Gasteiger partial charge in [0, 0.05) is 12.5 Å². The lowest BCUT2D eigenvalue weighted by Crippen LogP contribution is -2.06. The van der Waals surface area contributed by atoms with E-state index in [4.69, 9.17) is 10.2 Å². The van der Waals surface area contributed by atoms with Crippen LogP contribution in [-0.2, 0) is 0 Å². The molecule has 0 saturated heterocycles. The van der Waals surface area contributed by atoms with Crippen LogP contribution in [0, 0.1) is 11.8 Å². The van der Waals surface area contributed by atoms with E-state index in [1.807, 2.05) is 0 Å². The monoisotopic (exact) mass is 110 g/mol. The Morgan fingerprint density at radius 3 is 2.88 bits per heavy atom. The van der Waals surface area contributed by atoms with Crippen molar-refractivity contribution in [2.24, 2.45) is 0 Å². The number of allylic oxidation sites excluding steroid dienone is 1. The van der Waals surface area contributed by atoms with Gasteiger partial charge in [0.2, 0.25) is 0 Å². The molecule has 2 N–H and O–H groups in total. The zero-order chi connectivity index (χ0) is 5.98. The van der Waals surface area contributed by atoms with Crippen molar-refractivity contribution in [1.29, 1.82) is 0 Å². The van der Waals surface area contributed by atoms with Crippen molar-refractivity contribution in [3.63, 3.8) is 0 Å². The quantitative estimate of drug-likeness (QED) is 0.437. The Morgan fingerprint density at radius 2 is 2.50 bits per heavy atom. The van der Waals surface area contributed by atoms with Crippen LogP contribution in [0.2, 0.25) is 0 Å². The van der Waals surface area contributed by atoms with Crippen molar-refractivity contribution in [1.82, 2.24) is 0 Å². The third-order valence-electron chi connectivity index (χ3n) is 0.891. The number of hydrogen-bond acceptors (Lipinski definition) is 2. The van der Waals surface area contributed by atoms with E-state index in [-0.39, 0.29) is 12.2 Å². The maximum absolute atomic E-state index is 8.71. The molecule has 0 spiro atoms. The molecule has 0 aromatic rings. The first-order valence-corrected chi connectivity index (χ1v) is 2.36. The molecular weight excluding hydrogens is 104 g/mol. The van der Waals surface area contributed by atoms with Gasteiger partial charge in [0.15, 0.2) is 0 Å². The van der Waals surface area contributed by atoms with Crippen LogP contribution >= 0.6 is 0 Å². The third kappa shape index (κ3) is 1.02. The van der Waals surface area contributed by atoms with Crippen LogP contribution in [-0.4, -0.2) is 16.3 Å². The standard InChI is InChI=1S/C6H6O2/c7-5-2-1-3-6(8)4-5/h2,6-8H,4H2. The molecule has 2 nitrogen and oxygen atoms in total. The second kappa shape index (κ2) is 1.89. The van der Waals surface area contributed by atoms with E-state index in [9.17, 15) is 0 Å². The van der Waals surface area contributed by atoms with Gasteiger partial charge in [-0.05, 0) is 0 Å². The van der Waals surface area contributed by atoms with Crippen molar-refractivity contribution < 1.29 is 10.2 Å². The normalized spacial score (nSPS) is 25.6. The minimum absolute atomic E-state index is 0.163. The number of aliphatic hydroxyl groups excluding tert-OH is 2. The van der Waals surface area contributed by atoms with Gasteiger partial charge in [-0.15, -0.1) is 0 Å². The second-order valence-electron chi connectivity index (χ2n) is 1.64. The highest BCUT2D eigenvalue weighted by atomic mass is 16.3. The molecular formula is C6H6O2. The first-order valence-electron chi connectivity index (χ1n) is 2.36. The van der Waals surface area contributed by atoms with Crippen LogP contribution in [0.1, 0.15) is 6.42 Å². The first kappa shape index (κ1) is 5.20. The second-order valence-corrected chi connectivity index (χ2v) is 1.64. The van der Waals surface area contributed by atoms with Gasteiger partial charge in [-0.1, -0.05) is 11.8 Å². The van der Waals surface area contributed by atoms with Crippen LogP contribution < -0.4 is 0 Å². The fourth-order valence-electron chi connectivity index (χ4n) is 0.529. The maximum Gasteiger partial charge on any atom is 0.122 e. The molecule has 1 atom stereocenters. The largest absolute Gasteiger partial charge is 0.512 e. The van der Waals surface area contributed by atoms with Gasteiger partial charge in [-0.2, -0.15) is 0 Å². The average Bonchev–Trinajstić information content (AvgIpc) is 1.64. The van der Waals surface area contributed by atoms with Crippen molar-refractivity contribution in [3.05, 3.63) is 11.8 Å². The molecule has 0 saturated carbocycles. The molecule has 0 aromatic heterocycles. The van der Waals surface area contributed by atoms with Gasteiger partial charge in [-0.3, -0.25) is 0 Å². The van der Waals surface area contributed by atoms with Gasteiger partial charge < -0.3 is 10.2 Å². The molecule has 0 aliphatic heterocycles. The van der Waals surface area contributed by atoms with E-state index in [0.717, 1.165) is 0 Å². The fourth-order valence-corrected chi connectivity index (χ4v) is 0.529. The molecule has 1 rings (SSSR count).